The van der Waals surface area contributed by atoms with Gasteiger partial charge in [0.05, 0.1) is 18.0 Å². The molecular weight excluding hydrogens is 576 g/mol. The molecule has 6 N–H and O–H groups in total. The first kappa shape index (κ1) is 35.8. The molecule has 1 aromatic heterocycles. The largest absolute Gasteiger partial charge is 0.402 e. The monoisotopic (exact) mass is 624 g/mol. The van der Waals surface area contributed by atoms with Crippen LogP contribution in [0.1, 0.15) is 86.0 Å². The second-order valence-electron chi connectivity index (χ2n) is 12.3. The molecule has 2 aromatic rings. The zero-order valence-electron chi connectivity index (χ0n) is 27.7. The lowest BCUT2D eigenvalue weighted by Crippen LogP contribution is -2.40. The molecule has 0 spiro atoms. The number of carbonyl (C=O) groups is 2. The molecule has 1 saturated carbocycles. The van der Waals surface area contributed by atoms with Gasteiger partial charge in [-0.1, -0.05) is 50.6 Å². The highest BCUT2D eigenvalue weighted by Gasteiger charge is 2.50. The molecule has 0 saturated heterocycles. The lowest BCUT2D eigenvalue weighted by molar-refractivity contribution is -0.129. The van der Waals surface area contributed by atoms with Gasteiger partial charge in [-0.05, 0) is 74.2 Å². The Labute approximate surface area is 273 Å². The van der Waals surface area contributed by atoms with E-state index in [4.69, 9.17) is 28.1 Å². The average molecular weight is 625 g/mol. The number of carbonyl (C=O) groups excluding carboxylic acids is 2. The summed E-state index contributed by atoms with van der Waals surface area (Å²) in [7, 11) is 1.84. The van der Waals surface area contributed by atoms with Gasteiger partial charge in [-0.15, -0.1) is 6.42 Å². The predicted molar refractivity (Wildman–Crippen MR) is 181 cm³/mol. The van der Waals surface area contributed by atoms with E-state index in [-0.39, 0.29) is 18.5 Å². The molecule has 2 aliphatic rings. The number of hydrogen-bond acceptors (Lipinski definition) is 7. The Kier molecular flexibility index (Phi) is 12.5. The summed E-state index contributed by atoms with van der Waals surface area (Å²) in [6.45, 7) is 13.9. The van der Waals surface area contributed by atoms with E-state index in [1.165, 1.54) is 0 Å². The zero-order chi connectivity index (χ0) is 34.0. The molecule has 2 aliphatic carbocycles. The standard InChI is InChI=1S/C30H37N7O2.C6H11N/c1-5-22-10-7-9-20-17-21(28(32)39)12-13-24(20)30(22,29-34-25(6-2)35-36-29)14-16-33-18-26(38)37(4)27-19(3)23(27)11-8-15-31;1-5(2)4-6(3)7/h1,10,12-13,17,19,23,27,33H,6-9,11,14,16,18H2,2-4H3,(H2,32,39)(H,34,35,36);1,3-4,7H2,2H3. The quantitative estimate of drug-likeness (QED) is 0.148. The van der Waals surface area contributed by atoms with E-state index in [0.717, 1.165) is 40.9 Å². The van der Waals surface area contributed by atoms with Crippen LogP contribution in [-0.2, 0) is 23.1 Å². The van der Waals surface area contributed by atoms with E-state index < -0.39 is 11.3 Å². The Morgan fingerprint density at radius 1 is 1.30 bits per heavy atom. The van der Waals surface area contributed by atoms with E-state index in [2.05, 4.69) is 53.7 Å². The van der Waals surface area contributed by atoms with Gasteiger partial charge in [0.2, 0.25) is 11.8 Å². The predicted octanol–water partition coefficient (Wildman–Crippen LogP) is 4.06. The van der Waals surface area contributed by atoms with Gasteiger partial charge in [0.1, 0.15) is 5.82 Å². The Hall–Kier alpha value is -4.67. The number of rotatable bonds is 13. The van der Waals surface area contributed by atoms with Crippen molar-refractivity contribution in [3.8, 4) is 18.4 Å². The van der Waals surface area contributed by atoms with Crippen LogP contribution in [0.15, 0.2) is 54.3 Å². The molecule has 0 aliphatic heterocycles. The van der Waals surface area contributed by atoms with Crippen LogP contribution >= 0.6 is 0 Å². The molecule has 244 valence electrons. The molecule has 10 nitrogen and oxygen atoms in total. The minimum Gasteiger partial charge on any atom is -0.402 e. The van der Waals surface area contributed by atoms with Crippen molar-refractivity contribution in [2.45, 2.75) is 77.2 Å². The van der Waals surface area contributed by atoms with Crippen molar-refractivity contribution in [2.24, 2.45) is 23.3 Å². The maximum Gasteiger partial charge on any atom is 0.248 e. The summed E-state index contributed by atoms with van der Waals surface area (Å²) >= 11 is 0. The van der Waals surface area contributed by atoms with Crippen molar-refractivity contribution in [2.75, 3.05) is 20.1 Å². The Morgan fingerprint density at radius 3 is 2.61 bits per heavy atom. The number of primary amides is 1. The number of nitrogens with zero attached hydrogens (tertiary/aromatic N) is 4. The van der Waals surface area contributed by atoms with Crippen LogP contribution in [0.3, 0.4) is 0 Å². The molecule has 4 atom stereocenters. The van der Waals surface area contributed by atoms with Gasteiger partial charge in [0.25, 0.3) is 0 Å². The summed E-state index contributed by atoms with van der Waals surface area (Å²) in [5, 5.41) is 19.9. The number of aromatic amines is 1. The molecule has 2 amide bonds. The van der Waals surface area contributed by atoms with Gasteiger partial charge < -0.3 is 21.7 Å². The van der Waals surface area contributed by atoms with Gasteiger partial charge in [-0.3, -0.25) is 14.7 Å². The van der Waals surface area contributed by atoms with Crippen LogP contribution in [0, 0.1) is 35.5 Å². The van der Waals surface area contributed by atoms with Gasteiger partial charge >= 0.3 is 0 Å². The van der Waals surface area contributed by atoms with Crippen LogP contribution in [0.25, 0.3) is 0 Å². The number of aromatic nitrogens is 3. The fraction of sp³-hybridized carbons (Fsp3) is 0.472. The number of fused-ring (bicyclic) bond motifs is 1. The van der Waals surface area contributed by atoms with Crippen molar-refractivity contribution in [3.63, 3.8) is 0 Å². The Bertz CT molecular complexity index is 1550. The van der Waals surface area contributed by atoms with E-state index >= 15 is 0 Å². The molecule has 4 unspecified atom stereocenters. The van der Waals surface area contributed by atoms with Crippen molar-refractivity contribution >= 4 is 11.8 Å². The number of likely N-dealkylation sites (N-methyl/N-ethyl adjacent to an activating group) is 1. The zero-order valence-corrected chi connectivity index (χ0v) is 27.7. The summed E-state index contributed by atoms with van der Waals surface area (Å²) in [5.41, 5.74) is 14.9. The SMILES string of the molecule is C#CC1=CCCc2cc(C(N)=O)ccc2C1(CCNCC(=O)N(C)C1C(C)C1CCC#N)c1n[nH]c(CC)n1.C=C(C)CC(=C)N. The van der Waals surface area contributed by atoms with E-state index in [1.54, 1.807) is 6.07 Å². The van der Waals surface area contributed by atoms with Crippen LogP contribution < -0.4 is 16.8 Å². The first-order chi connectivity index (χ1) is 21.9. The number of amides is 2. The number of aryl methyl sites for hydroxylation is 2. The molecule has 46 heavy (non-hydrogen) atoms. The fourth-order valence-corrected chi connectivity index (χ4v) is 6.49. The number of nitrogens with one attached hydrogen (secondary N) is 2. The molecule has 10 heteroatoms. The van der Waals surface area contributed by atoms with Crippen molar-refractivity contribution < 1.29 is 9.59 Å². The second-order valence-corrected chi connectivity index (χ2v) is 12.3. The van der Waals surface area contributed by atoms with Crippen molar-refractivity contribution in [1.29, 1.82) is 5.26 Å². The van der Waals surface area contributed by atoms with Gasteiger partial charge in [-0.2, -0.15) is 10.4 Å². The minimum absolute atomic E-state index is 0.0200. The number of H-pyrrole nitrogens is 1. The maximum atomic E-state index is 13.0. The summed E-state index contributed by atoms with van der Waals surface area (Å²) in [6.07, 6.45) is 12.9. The highest BCUT2D eigenvalue weighted by atomic mass is 16.2. The number of hydrogen-bond donors (Lipinski definition) is 4. The number of nitriles is 1. The van der Waals surface area contributed by atoms with Crippen LogP contribution in [-0.4, -0.2) is 58.1 Å². The number of terminal acetylenes is 1. The number of nitrogens with two attached hydrogens (primary N) is 2. The summed E-state index contributed by atoms with van der Waals surface area (Å²) in [5.74, 6) is 4.58. The maximum absolute atomic E-state index is 13.0. The Balaban J connectivity index is 0.000000738. The molecule has 1 heterocycles. The highest BCUT2D eigenvalue weighted by Crippen LogP contribution is 2.46. The lowest BCUT2D eigenvalue weighted by Gasteiger charge is -2.33. The normalized spacial score (nSPS) is 21.2. The van der Waals surface area contributed by atoms with Crippen LogP contribution in [0.5, 0.6) is 0 Å². The van der Waals surface area contributed by atoms with Gasteiger partial charge in [0, 0.05) is 49.2 Å². The van der Waals surface area contributed by atoms with Gasteiger partial charge in [-0.25, -0.2) is 4.98 Å². The topological polar surface area (TPSA) is 167 Å². The molecule has 4 rings (SSSR count). The molecule has 0 bridgehead atoms. The summed E-state index contributed by atoms with van der Waals surface area (Å²) in [6, 6.07) is 7.88. The van der Waals surface area contributed by atoms with Crippen LogP contribution in [0.4, 0.5) is 0 Å². The van der Waals surface area contributed by atoms with Gasteiger partial charge in [0.15, 0.2) is 5.82 Å². The van der Waals surface area contributed by atoms with Crippen molar-refractivity contribution in [3.05, 3.63) is 82.6 Å². The minimum atomic E-state index is -0.823. The van der Waals surface area contributed by atoms with E-state index in [9.17, 15) is 9.59 Å². The third-order valence-electron chi connectivity index (χ3n) is 8.90. The molecule has 1 aromatic carbocycles. The molecule has 1 fully saturated rings. The van der Waals surface area contributed by atoms with E-state index in [1.807, 2.05) is 37.9 Å². The third kappa shape index (κ3) is 8.32. The molecular formula is C36H48N8O2. The van der Waals surface area contributed by atoms with Crippen molar-refractivity contribution in [1.82, 2.24) is 25.4 Å². The smallest absolute Gasteiger partial charge is 0.248 e. The van der Waals surface area contributed by atoms with E-state index in [0.29, 0.717) is 67.6 Å². The fourth-order valence-electron chi connectivity index (χ4n) is 6.49. The highest BCUT2D eigenvalue weighted by molar-refractivity contribution is 5.93. The first-order valence-corrected chi connectivity index (χ1v) is 15.8. The lowest BCUT2D eigenvalue weighted by atomic mass is 9.69. The Morgan fingerprint density at radius 2 is 2.04 bits per heavy atom. The second kappa shape index (κ2) is 16.1. The molecule has 0 radical (unpaired) electrons. The number of allylic oxidation sites excluding steroid dienone is 3. The third-order valence-corrected chi connectivity index (χ3v) is 8.90. The van der Waals surface area contributed by atoms with Crippen LogP contribution in [0.2, 0.25) is 0 Å². The first-order valence-electron chi connectivity index (χ1n) is 15.8. The summed E-state index contributed by atoms with van der Waals surface area (Å²) < 4.78 is 0. The average Bonchev–Trinajstić information content (AvgIpc) is 3.45. The summed E-state index contributed by atoms with van der Waals surface area (Å²) in [4.78, 5) is 31.5. The number of benzene rings is 1.